The number of nitrogens with zero attached hydrogens (tertiary/aromatic N) is 1. The first kappa shape index (κ1) is 14.6. The highest BCUT2D eigenvalue weighted by molar-refractivity contribution is 7.13. The molecule has 2 nitrogen and oxygen atoms in total. The minimum Gasteiger partial charge on any atom is -0.382 e. The second-order valence-electron chi connectivity index (χ2n) is 6.07. The monoisotopic (exact) mass is 300 g/mol. The molecule has 1 aromatic carbocycles. The topological polar surface area (TPSA) is 24.9 Å². The van der Waals surface area contributed by atoms with E-state index in [9.17, 15) is 0 Å². The van der Waals surface area contributed by atoms with Crippen molar-refractivity contribution < 1.29 is 0 Å². The molecule has 1 aliphatic carbocycles. The Bertz CT molecular complexity index is 525. The normalized spacial score (nSPS) is 22.1. The van der Waals surface area contributed by atoms with Crippen LogP contribution < -0.4 is 5.32 Å². The van der Waals surface area contributed by atoms with Crippen molar-refractivity contribution in [3.8, 4) is 10.6 Å². The Labute approximate surface area is 131 Å². The Hall–Kier alpha value is -1.35. The molecule has 0 unspecified atom stereocenters. The van der Waals surface area contributed by atoms with Gasteiger partial charge in [0.15, 0.2) is 0 Å². The molecule has 0 saturated heterocycles. The van der Waals surface area contributed by atoms with E-state index >= 15 is 0 Å². The summed E-state index contributed by atoms with van der Waals surface area (Å²) in [5.41, 5.74) is 2.46. The second kappa shape index (κ2) is 7.08. The third-order valence-electron chi connectivity index (χ3n) is 4.48. The van der Waals surface area contributed by atoms with Crippen molar-refractivity contribution in [3.05, 3.63) is 35.8 Å². The van der Waals surface area contributed by atoms with E-state index < -0.39 is 0 Å². The molecule has 112 valence electrons. The number of aromatic nitrogens is 1. The van der Waals surface area contributed by atoms with Gasteiger partial charge in [0.1, 0.15) is 5.01 Å². The van der Waals surface area contributed by atoms with Crippen molar-refractivity contribution in [1.82, 2.24) is 4.98 Å². The minimum absolute atomic E-state index is 0.656. The highest BCUT2D eigenvalue weighted by Gasteiger charge is 2.20. The molecule has 1 heterocycles. The molecule has 0 aliphatic heterocycles. The van der Waals surface area contributed by atoms with E-state index in [1.54, 1.807) is 11.3 Å². The highest BCUT2D eigenvalue weighted by Crippen LogP contribution is 2.30. The maximum atomic E-state index is 4.36. The van der Waals surface area contributed by atoms with Crippen LogP contribution in [0.3, 0.4) is 0 Å². The number of benzene rings is 1. The first-order chi connectivity index (χ1) is 10.3. The van der Waals surface area contributed by atoms with Crippen LogP contribution in [0.25, 0.3) is 10.6 Å². The van der Waals surface area contributed by atoms with Gasteiger partial charge >= 0.3 is 0 Å². The third-order valence-corrected chi connectivity index (χ3v) is 5.30. The van der Waals surface area contributed by atoms with Crippen LogP contribution in [-0.4, -0.2) is 11.0 Å². The van der Waals surface area contributed by atoms with E-state index in [1.165, 1.54) is 49.8 Å². The average molecular weight is 300 g/mol. The lowest BCUT2D eigenvalue weighted by Gasteiger charge is -2.29. The van der Waals surface area contributed by atoms with Crippen LogP contribution in [0, 0.1) is 5.92 Å². The zero-order chi connectivity index (χ0) is 14.5. The predicted molar refractivity (Wildman–Crippen MR) is 91.8 cm³/mol. The fourth-order valence-corrected chi connectivity index (χ4v) is 3.96. The summed E-state index contributed by atoms with van der Waals surface area (Å²) in [6.45, 7) is 2.30. The summed E-state index contributed by atoms with van der Waals surface area (Å²) < 4.78 is 0. The van der Waals surface area contributed by atoms with Gasteiger partial charge in [-0.25, -0.2) is 4.98 Å². The van der Waals surface area contributed by atoms with E-state index in [4.69, 9.17) is 0 Å². The average Bonchev–Trinajstić information content (AvgIpc) is 3.05. The molecule has 0 spiro atoms. The Kier molecular flexibility index (Phi) is 4.91. The fourth-order valence-electron chi connectivity index (χ4n) is 3.31. The lowest BCUT2D eigenvalue weighted by Crippen LogP contribution is -2.26. The smallest absolute Gasteiger partial charge is 0.123 e. The van der Waals surface area contributed by atoms with Crippen molar-refractivity contribution in [2.45, 2.75) is 51.5 Å². The summed E-state index contributed by atoms with van der Waals surface area (Å²) in [5.74, 6) is 0.973. The van der Waals surface area contributed by atoms with Crippen LogP contribution in [0.5, 0.6) is 0 Å². The maximum absolute atomic E-state index is 4.36. The molecule has 3 rings (SSSR count). The Morgan fingerprint density at radius 1 is 1.14 bits per heavy atom. The maximum Gasteiger partial charge on any atom is 0.123 e. The van der Waals surface area contributed by atoms with Crippen LogP contribution in [0.4, 0.5) is 5.69 Å². The van der Waals surface area contributed by atoms with Gasteiger partial charge in [-0.3, -0.25) is 0 Å². The second-order valence-corrected chi connectivity index (χ2v) is 6.96. The quantitative estimate of drug-likeness (QED) is 0.779. The van der Waals surface area contributed by atoms with Gasteiger partial charge in [-0.2, -0.15) is 0 Å². The molecule has 21 heavy (non-hydrogen) atoms. The Balaban J connectivity index is 1.54. The number of anilines is 1. The molecule has 0 bridgehead atoms. The molecule has 0 radical (unpaired) electrons. The summed E-state index contributed by atoms with van der Waals surface area (Å²) in [7, 11) is 0. The molecule has 1 aliphatic rings. The number of rotatable bonds is 5. The summed E-state index contributed by atoms with van der Waals surface area (Å²) in [5, 5.41) is 6.82. The number of hydrogen-bond donors (Lipinski definition) is 1. The number of hydrogen-bond acceptors (Lipinski definition) is 3. The first-order valence-electron chi connectivity index (χ1n) is 8.11. The van der Waals surface area contributed by atoms with Gasteiger partial charge < -0.3 is 5.32 Å². The van der Waals surface area contributed by atoms with Crippen molar-refractivity contribution in [1.29, 1.82) is 0 Å². The Morgan fingerprint density at radius 2 is 1.90 bits per heavy atom. The van der Waals surface area contributed by atoms with Gasteiger partial charge in [-0.15, -0.1) is 11.3 Å². The van der Waals surface area contributed by atoms with Crippen LogP contribution in [0.1, 0.15) is 45.4 Å². The number of thiazole rings is 1. The SMILES string of the molecule is CCCC1CCC(Nc2ccc(-c3nccs3)cc2)CC1. The van der Waals surface area contributed by atoms with Gasteiger partial charge in [0, 0.05) is 28.9 Å². The highest BCUT2D eigenvalue weighted by atomic mass is 32.1. The van der Waals surface area contributed by atoms with E-state index in [0.717, 1.165) is 10.9 Å². The van der Waals surface area contributed by atoms with E-state index in [1.807, 2.05) is 11.6 Å². The summed E-state index contributed by atoms with van der Waals surface area (Å²) in [6, 6.07) is 9.38. The van der Waals surface area contributed by atoms with E-state index in [2.05, 4.69) is 41.5 Å². The van der Waals surface area contributed by atoms with Crippen LogP contribution in [-0.2, 0) is 0 Å². The van der Waals surface area contributed by atoms with Gasteiger partial charge in [-0.05, 0) is 55.9 Å². The molecular formula is C18H24N2S. The van der Waals surface area contributed by atoms with E-state index in [0.29, 0.717) is 6.04 Å². The van der Waals surface area contributed by atoms with Crippen LogP contribution in [0.2, 0.25) is 0 Å². The summed E-state index contributed by atoms with van der Waals surface area (Å²) in [6.07, 6.45) is 10.0. The van der Waals surface area contributed by atoms with Gasteiger partial charge in [0.25, 0.3) is 0 Å². The van der Waals surface area contributed by atoms with Gasteiger partial charge in [0.05, 0.1) is 0 Å². The lowest BCUT2D eigenvalue weighted by molar-refractivity contribution is 0.319. The van der Waals surface area contributed by atoms with E-state index in [-0.39, 0.29) is 0 Å². The molecule has 0 amide bonds. The fraction of sp³-hybridized carbons (Fsp3) is 0.500. The third kappa shape index (κ3) is 3.85. The van der Waals surface area contributed by atoms with Crippen molar-refractivity contribution >= 4 is 17.0 Å². The molecule has 3 heteroatoms. The van der Waals surface area contributed by atoms with Crippen molar-refractivity contribution in [2.24, 2.45) is 5.92 Å². The molecule has 2 aromatic rings. The van der Waals surface area contributed by atoms with Crippen molar-refractivity contribution in [2.75, 3.05) is 5.32 Å². The van der Waals surface area contributed by atoms with Gasteiger partial charge in [-0.1, -0.05) is 19.8 Å². The molecule has 0 atom stereocenters. The summed E-state index contributed by atoms with van der Waals surface area (Å²) >= 11 is 1.69. The predicted octanol–water partition coefficient (Wildman–Crippen LogP) is 5.58. The summed E-state index contributed by atoms with van der Waals surface area (Å²) in [4.78, 5) is 4.36. The molecule has 1 aromatic heterocycles. The minimum atomic E-state index is 0.656. The van der Waals surface area contributed by atoms with Gasteiger partial charge in [0.2, 0.25) is 0 Å². The molecule has 1 saturated carbocycles. The standard InChI is InChI=1S/C18H24N2S/c1-2-3-14-4-8-16(9-5-14)20-17-10-6-15(7-11-17)18-19-12-13-21-18/h6-7,10-14,16,20H,2-5,8-9H2,1H3. The molecular weight excluding hydrogens is 276 g/mol. The number of nitrogens with one attached hydrogen (secondary N) is 1. The largest absolute Gasteiger partial charge is 0.382 e. The lowest BCUT2D eigenvalue weighted by atomic mass is 9.83. The molecule has 1 fully saturated rings. The molecule has 1 N–H and O–H groups in total. The van der Waals surface area contributed by atoms with Crippen LogP contribution in [0.15, 0.2) is 35.8 Å². The Morgan fingerprint density at radius 3 is 2.52 bits per heavy atom. The van der Waals surface area contributed by atoms with Crippen LogP contribution >= 0.6 is 11.3 Å². The zero-order valence-electron chi connectivity index (χ0n) is 12.7. The zero-order valence-corrected chi connectivity index (χ0v) is 13.5. The first-order valence-corrected chi connectivity index (χ1v) is 8.99. The van der Waals surface area contributed by atoms with Crippen molar-refractivity contribution in [3.63, 3.8) is 0 Å².